The van der Waals surface area contributed by atoms with Crippen molar-refractivity contribution in [3.63, 3.8) is 0 Å². The average Bonchev–Trinajstić information content (AvgIpc) is 3.16. The van der Waals surface area contributed by atoms with Crippen molar-refractivity contribution in [2.75, 3.05) is 0 Å². The van der Waals surface area contributed by atoms with Crippen molar-refractivity contribution in [2.45, 2.75) is 25.8 Å². The van der Waals surface area contributed by atoms with E-state index < -0.39 is 0 Å². The molecular formula is C12H12BrClN4O. The van der Waals surface area contributed by atoms with Crippen molar-refractivity contribution < 1.29 is 4.79 Å². The van der Waals surface area contributed by atoms with E-state index in [-0.39, 0.29) is 11.9 Å². The van der Waals surface area contributed by atoms with E-state index in [0.717, 1.165) is 0 Å². The highest BCUT2D eigenvalue weighted by molar-refractivity contribution is 9.10. The van der Waals surface area contributed by atoms with Crippen LogP contribution in [0.25, 0.3) is 5.65 Å². The molecule has 1 unspecified atom stereocenters. The van der Waals surface area contributed by atoms with Gasteiger partial charge in [-0.15, -0.1) is 0 Å². The van der Waals surface area contributed by atoms with Crippen LogP contribution in [0.4, 0.5) is 0 Å². The zero-order valence-electron chi connectivity index (χ0n) is 10.2. The number of amides is 1. The second kappa shape index (κ2) is 4.76. The first-order valence-corrected chi connectivity index (χ1v) is 7.25. The Kier molecular flexibility index (Phi) is 3.22. The van der Waals surface area contributed by atoms with Gasteiger partial charge in [0.2, 0.25) is 0 Å². The monoisotopic (exact) mass is 342 g/mol. The highest BCUT2D eigenvalue weighted by Crippen LogP contribution is 2.32. The molecule has 1 amide bonds. The molecular weight excluding hydrogens is 332 g/mol. The van der Waals surface area contributed by atoms with Gasteiger partial charge in [0.25, 0.3) is 5.91 Å². The van der Waals surface area contributed by atoms with Crippen LogP contribution >= 0.6 is 27.5 Å². The van der Waals surface area contributed by atoms with E-state index in [1.807, 2.05) is 6.92 Å². The lowest BCUT2D eigenvalue weighted by molar-refractivity contribution is 0.0930. The van der Waals surface area contributed by atoms with Gasteiger partial charge < -0.3 is 5.32 Å². The molecule has 1 aliphatic carbocycles. The maximum Gasteiger partial charge on any atom is 0.273 e. The van der Waals surface area contributed by atoms with E-state index in [2.05, 4.69) is 31.3 Å². The summed E-state index contributed by atoms with van der Waals surface area (Å²) in [6.07, 6.45) is 2.37. The van der Waals surface area contributed by atoms with Gasteiger partial charge in [0, 0.05) is 6.04 Å². The summed E-state index contributed by atoms with van der Waals surface area (Å²) in [5, 5.41) is 7.42. The van der Waals surface area contributed by atoms with Gasteiger partial charge >= 0.3 is 0 Å². The number of hydrogen-bond donors (Lipinski definition) is 1. The fourth-order valence-electron chi connectivity index (χ4n) is 2.02. The average molecular weight is 344 g/mol. The molecule has 0 bridgehead atoms. The second-order valence-corrected chi connectivity index (χ2v) is 5.92. The molecule has 2 aromatic heterocycles. The Balaban J connectivity index is 1.91. The molecule has 1 saturated carbocycles. The highest BCUT2D eigenvalue weighted by atomic mass is 79.9. The predicted molar refractivity (Wildman–Crippen MR) is 75.3 cm³/mol. The second-order valence-electron chi connectivity index (χ2n) is 4.78. The Morgan fingerprint density at radius 3 is 3.00 bits per heavy atom. The van der Waals surface area contributed by atoms with Gasteiger partial charge in [-0.1, -0.05) is 11.6 Å². The third kappa shape index (κ3) is 2.47. The molecule has 0 aromatic carbocycles. The summed E-state index contributed by atoms with van der Waals surface area (Å²) in [7, 11) is 0. The molecule has 19 heavy (non-hydrogen) atoms. The van der Waals surface area contributed by atoms with E-state index in [1.54, 1.807) is 12.1 Å². The van der Waals surface area contributed by atoms with E-state index in [1.165, 1.54) is 17.4 Å². The van der Waals surface area contributed by atoms with Gasteiger partial charge in [-0.2, -0.15) is 5.10 Å². The van der Waals surface area contributed by atoms with Crippen molar-refractivity contribution >= 4 is 39.1 Å². The van der Waals surface area contributed by atoms with Crippen LogP contribution in [0.3, 0.4) is 0 Å². The molecule has 1 N–H and O–H groups in total. The van der Waals surface area contributed by atoms with E-state index in [4.69, 9.17) is 11.6 Å². The van der Waals surface area contributed by atoms with Crippen molar-refractivity contribution in [3.8, 4) is 0 Å². The summed E-state index contributed by atoms with van der Waals surface area (Å²) >= 11 is 9.18. The number of hydrogen-bond acceptors (Lipinski definition) is 3. The van der Waals surface area contributed by atoms with Gasteiger partial charge in [-0.25, -0.2) is 9.50 Å². The lowest BCUT2D eigenvalue weighted by Crippen LogP contribution is -2.34. The Morgan fingerprint density at radius 1 is 1.58 bits per heavy atom. The van der Waals surface area contributed by atoms with Crippen LogP contribution in [0.2, 0.25) is 5.15 Å². The number of carbonyl (C=O) groups is 1. The lowest BCUT2D eigenvalue weighted by atomic mass is 10.2. The molecule has 2 heterocycles. The van der Waals surface area contributed by atoms with Gasteiger partial charge in [-0.05, 0) is 53.7 Å². The molecule has 100 valence electrons. The topological polar surface area (TPSA) is 59.3 Å². The first-order chi connectivity index (χ1) is 9.06. The SMILES string of the molecule is CC(NC(=O)c1nc2ccc(Cl)nn2c1Br)C1CC1. The maximum atomic E-state index is 12.2. The number of nitrogens with one attached hydrogen (secondary N) is 1. The number of fused-ring (bicyclic) bond motifs is 1. The molecule has 1 fully saturated rings. The van der Waals surface area contributed by atoms with Crippen molar-refractivity contribution in [1.82, 2.24) is 19.9 Å². The maximum absolute atomic E-state index is 12.2. The normalized spacial score (nSPS) is 16.6. The van der Waals surface area contributed by atoms with Crippen LogP contribution in [0, 0.1) is 5.92 Å². The number of imidazole rings is 1. The summed E-state index contributed by atoms with van der Waals surface area (Å²) in [5.41, 5.74) is 0.919. The molecule has 3 rings (SSSR count). The van der Waals surface area contributed by atoms with Crippen LogP contribution < -0.4 is 5.32 Å². The van der Waals surface area contributed by atoms with Crippen LogP contribution in [0.1, 0.15) is 30.3 Å². The smallest absolute Gasteiger partial charge is 0.273 e. The van der Waals surface area contributed by atoms with Crippen LogP contribution in [0.5, 0.6) is 0 Å². The van der Waals surface area contributed by atoms with E-state index >= 15 is 0 Å². The van der Waals surface area contributed by atoms with Crippen molar-refractivity contribution in [3.05, 3.63) is 27.6 Å². The largest absolute Gasteiger partial charge is 0.348 e. The summed E-state index contributed by atoms with van der Waals surface area (Å²) in [4.78, 5) is 16.5. The predicted octanol–water partition coefficient (Wildman–Crippen LogP) is 2.67. The third-order valence-corrected chi connectivity index (χ3v) is 4.21. The van der Waals surface area contributed by atoms with Gasteiger partial charge in [-0.3, -0.25) is 4.79 Å². The number of nitrogens with zero attached hydrogens (tertiary/aromatic N) is 3. The number of carbonyl (C=O) groups excluding carboxylic acids is 1. The fourth-order valence-corrected chi connectivity index (χ4v) is 2.69. The minimum absolute atomic E-state index is 0.181. The quantitative estimate of drug-likeness (QED) is 0.932. The summed E-state index contributed by atoms with van der Waals surface area (Å²) in [6.45, 7) is 2.02. The Morgan fingerprint density at radius 2 is 2.32 bits per heavy atom. The molecule has 1 aliphatic rings. The molecule has 1 atom stereocenters. The molecule has 0 saturated heterocycles. The first kappa shape index (κ1) is 12.9. The Hall–Kier alpha value is -1.14. The van der Waals surface area contributed by atoms with Crippen molar-refractivity contribution in [1.29, 1.82) is 0 Å². The van der Waals surface area contributed by atoms with Gasteiger partial charge in [0.1, 0.15) is 9.76 Å². The molecule has 0 aliphatic heterocycles. The minimum atomic E-state index is -0.187. The Bertz CT molecular complexity index is 652. The molecule has 2 aromatic rings. The van der Waals surface area contributed by atoms with Crippen LogP contribution in [-0.2, 0) is 0 Å². The molecule has 7 heteroatoms. The molecule has 0 spiro atoms. The zero-order chi connectivity index (χ0) is 13.6. The fraction of sp³-hybridized carbons (Fsp3) is 0.417. The van der Waals surface area contributed by atoms with Gasteiger partial charge in [0.05, 0.1) is 0 Å². The van der Waals surface area contributed by atoms with E-state index in [0.29, 0.717) is 27.0 Å². The zero-order valence-corrected chi connectivity index (χ0v) is 12.6. The summed E-state index contributed by atoms with van der Waals surface area (Å²) in [6, 6.07) is 3.55. The van der Waals surface area contributed by atoms with Crippen LogP contribution in [-0.4, -0.2) is 26.5 Å². The van der Waals surface area contributed by atoms with Crippen LogP contribution in [0.15, 0.2) is 16.7 Å². The third-order valence-electron chi connectivity index (χ3n) is 3.29. The standard InChI is InChI=1S/C12H12BrClN4O/c1-6(7-2-3-7)15-12(19)10-11(13)18-9(16-10)5-4-8(14)17-18/h4-7H,2-3H2,1H3,(H,15,19). The van der Waals surface area contributed by atoms with E-state index in [9.17, 15) is 4.79 Å². The number of halogens is 2. The Labute approximate surface area is 123 Å². The number of rotatable bonds is 3. The first-order valence-electron chi connectivity index (χ1n) is 6.08. The van der Waals surface area contributed by atoms with Gasteiger partial charge in [0.15, 0.2) is 11.3 Å². The minimum Gasteiger partial charge on any atom is -0.348 e. The summed E-state index contributed by atoms with van der Waals surface area (Å²) < 4.78 is 2.03. The lowest BCUT2D eigenvalue weighted by Gasteiger charge is -2.11. The van der Waals surface area contributed by atoms with Crippen molar-refractivity contribution in [2.24, 2.45) is 5.92 Å². The summed E-state index contributed by atoms with van der Waals surface area (Å²) in [5.74, 6) is 0.417. The molecule has 5 nitrogen and oxygen atoms in total. The highest BCUT2D eigenvalue weighted by Gasteiger charge is 2.30. The molecule has 0 radical (unpaired) electrons. The number of aromatic nitrogens is 3.